The summed E-state index contributed by atoms with van der Waals surface area (Å²) in [7, 11) is 1.72. The number of benzene rings is 2. The quantitative estimate of drug-likeness (QED) is 0.725. The van der Waals surface area contributed by atoms with Gasteiger partial charge < -0.3 is 14.1 Å². The van der Waals surface area contributed by atoms with Crippen molar-refractivity contribution in [3.05, 3.63) is 61.0 Å². The van der Waals surface area contributed by atoms with Gasteiger partial charge in [0.2, 0.25) is 12.3 Å². The van der Waals surface area contributed by atoms with Crippen LogP contribution in [0.5, 0.6) is 5.75 Å². The SMILES string of the molecule is CN(C(=O)COc1ccc(-c2nnco2)cc1)c1ccccc1. The number of ether oxygens (including phenoxy) is 1. The van der Waals surface area contributed by atoms with Gasteiger partial charge in [-0.15, -0.1) is 10.2 Å². The number of anilines is 1. The summed E-state index contributed by atoms with van der Waals surface area (Å²) >= 11 is 0. The van der Waals surface area contributed by atoms with E-state index in [0.29, 0.717) is 11.6 Å². The van der Waals surface area contributed by atoms with Crippen LogP contribution in [0.25, 0.3) is 11.5 Å². The van der Waals surface area contributed by atoms with Crippen molar-refractivity contribution < 1.29 is 13.9 Å². The van der Waals surface area contributed by atoms with E-state index in [2.05, 4.69) is 10.2 Å². The molecule has 0 N–H and O–H groups in total. The molecule has 0 aliphatic carbocycles. The Morgan fingerprint density at radius 3 is 2.52 bits per heavy atom. The summed E-state index contributed by atoms with van der Waals surface area (Å²) in [6.07, 6.45) is 1.28. The minimum atomic E-state index is -0.128. The highest BCUT2D eigenvalue weighted by Crippen LogP contribution is 2.20. The van der Waals surface area contributed by atoms with Crippen LogP contribution in [0.3, 0.4) is 0 Å². The summed E-state index contributed by atoms with van der Waals surface area (Å²) in [6, 6.07) is 16.5. The van der Waals surface area contributed by atoms with Crippen LogP contribution in [0.4, 0.5) is 5.69 Å². The van der Waals surface area contributed by atoms with E-state index in [1.54, 1.807) is 36.2 Å². The lowest BCUT2D eigenvalue weighted by atomic mass is 10.2. The maximum absolute atomic E-state index is 12.1. The number of carbonyl (C=O) groups excluding carboxylic acids is 1. The highest BCUT2D eigenvalue weighted by molar-refractivity contribution is 5.93. The van der Waals surface area contributed by atoms with E-state index in [9.17, 15) is 4.79 Å². The Labute approximate surface area is 133 Å². The predicted octanol–water partition coefficient (Wildman–Crippen LogP) is 2.78. The van der Waals surface area contributed by atoms with Gasteiger partial charge in [-0.25, -0.2) is 0 Å². The van der Waals surface area contributed by atoms with Gasteiger partial charge in [0.15, 0.2) is 6.61 Å². The zero-order valence-corrected chi connectivity index (χ0v) is 12.5. The van der Waals surface area contributed by atoms with Gasteiger partial charge >= 0.3 is 0 Å². The van der Waals surface area contributed by atoms with Crippen molar-refractivity contribution in [2.45, 2.75) is 0 Å². The molecule has 0 saturated heterocycles. The van der Waals surface area contributed by atoms with E-state index in [1.165, 1.54) is 6.39 Å². The van der Waals surface area contributed by atoms with Gasteiger partial charge in [0.05, 0.1) is 0 Å². The molecule has 0 bridgehead atoms. The molecule has 0 aliphatic rings. The normalized spacial score (nSPS) is 10.3. The van der Waals surface area contributed by atoms with Crippen molar-refractivity contribution in [3.63, 3.8) is 0 Å². The third kappa shape index (κ3) is 3.55. The average Bonchev–Trinajstić information content (AvgIpc) is 3.15. The largest absolute Gasteiger partial charge is 0.484 e. The molecule has 0 spiro atoms. The Kier molecular flexibility index (Phi) is 4.33. The summed E-state index contributed by atoms with van der Waals surface area (Å²) in [5.41, 5.74) is 1.62. The lowest BCUT2D eigenvalue weighted by Gasteiger charge is -2.17. The van der Waals surface area contributed by atoms with Crippen LogP contribution in [-0.4, -0.2) is 29.8 Å². The van der Waals surface area contributed by atoms with Crippen LogP contribution in [0.1, 0.15) is 0 Å². The number of hydrogen-bond acceptors (Lipinski definition) is 5. The summed E-state index contributed by atoms with van der Waals surface area (Å²) in [6.45, 7) is -0.0364. The van der Waals surface area contributed by atoms with Gasteiger partial charge in [0.25, 0.3) is 5.91 Å². The standard InChI is InChI=1S/C17H15N3O3/c1-20(14-5-3-2-4-6-14)16(21)11-22-15-9-7-13(8-10-15)17-19-18-12-23-17/h2-10,12H,11H2,1H3. The van der Waals surface area contributed by atoms with Crippen LogP contribution in [-0.2, 0) is 4.79 Å². The molecule has 1 heterocycles. The maximum Gasteiger partial charge on any atom is 0.264 e. The zero-order valence-electron chi connectivity index (χ0n) is 12.5. The first kappa shape index (κ1) is 14.8. The second kappa shape index (κ2) is 6.74. The van der Waals surface area contributed by atoms with E-state index in [-0.39, 0.29) is 12.5 Å². The Bertz CT molecular complexity index is 756. The smallest absolute Gasteiger partial charge is 0.264 e. The van der Waals surface area contributed by atoms with Crippen LogP contribution in [0.15, 0.2) is 65.4 Å². The first-order chi connectivity index (χ1) is 11.2. The second-order valence-corrected chi connectivity index (χ2v) is 4.85. The van der Waals surface area contributed by atoms with Crippen molar-refractivity contribution in [2.75, 3.05) is 18.6 Å². The molecule has 0 unspecified atom stereocenters. The van der Waals surface area contributed by atoms with E-state index >= 15 is 0 Å². The Balaban J connectivity index is 1.59. The van der Waals surface area contributed by atoms with Gasteiger partial charge in [-0.2, -0.15) is 0 Å². The van der Waals surface area contributed by atoms with Crippen molar-refractivity contribution in [3.8, 4) is 17.2 Å². The van der Waals surface area contributed by atoms with Gasteiger partial charge in [-0.1, -0.05) is 18.2 Å². The molecular formula is C17H15N3O3. The fourth-order valence-corrected chi connectivity index (χ4v) is 2.03. The van der Waals surface area contributed by atoms with Crippen molar-refractivity contribution >= 4 is 11.6 Å². The topological polar surface area (TPSA) is 68.5 Å². The number of nitrogens with zero attached hydrogens (tertiary/aromatic N) is 3. The van der Waals surface area contributed by atoms with Crippen molar-refractivity contribution in [2.24, 2.45) is 0 Å². The van der Waals surface area contributed by atoms with Crippen LogP contribution in [0.2, 0.25) is 0 Å². The lowest BCUT2D eigenvalue weighted by molar-refractivity contribution is -0.120. The molecule has 2 aromatic carbocycles. The molecule has 3 aromatic rings. The van der Waals surface area contributed by atoms with E-state index in [0.717, 1.165) is 11.3 Å². The fourth-order valence-electron chi connectivity index (χ4n) is 2.03. The Morgan fingerprint density at radius 2 is 1.87 bits per heavy atom. The number of likely N-dealkylation sites (N-methyl/N-ethyl adjacent to an activating group) is 1. The monoisotopic (exact) mass is 309 g/mol. The average molecular weight is 309 g/mol. The van der Waals surface area contributed by atoms with Gasteiger partial charge in [-0.05, 0) is 36.4 Å². The molecule has 0 fully saturated rings. The molecule has 0 saturated carbocycles. The summed E-state index contributed by atoms with van der Waals surface area (Å²) in [5, 5.41) is 7.46. The highest BCUT2D eigenvalue weighted by atomic mass is 16.5. The van der Waals surface area contributed by atoms with E-state index in [4.69, 9.17) is 9.15 Å². The maximum atomic E-state index is 12.1. The number of aromatic nitrogens is 2. The fraction of sp³-hybridized carbons (Fsp3) is 0.118. The first-order valence-electron chi connectivity index (χ1n) is 7.05. The van der Waals surface area contributed by atoms with Gasteiger partial charge in [0.1, 0.15) is 5.75 Å². The molecular weight excluding hydrogens is 294 g/mol. The molecule has 0 aliphatic heterocycles. The number of rotatable bonds is 5. The summed E-state index contributed by atoms with van der Waals surface area (Å²) < 4.78 is 10.6. The summed E-state index contributed by atoms with van der Waals surface area (Å²) in [4.78, 5) is 13.7. The number of amides is 1. The highest BCUT2D eigenvalue weighted by Gasteiger charge is 2.11. The molecule has 0 radical (unpaired) electrons. The van der Waals surface area contributed by atoms with Crippen LogP contribution < -0.4 is 9.64 Å². The molecule has 23 heavy (non-hydrogen) atoms. The van der Waals surface area contributed by atoms with Crippen LogP contribution in [0, 0.1) is 0 Å². The predicted molar refractivity (Wildman–Crippen MR) is 85.1 cm³/mol. The third-order valence-electron chi connectivity index (χ3n) is 3.34. The molecule has 1 amide bonds. The van der Waals surface area contributed by atoms with Crippen LogP contribution >= 0.6 is 0 Å². The molecule has 3 rings (SSSR count). The number of para-hydroxylation sites is 1. The number of hydrogen-bond donors (Lipinski definition) is 0. The Hall–Kier alpha value is -3.15. The molecule has 1 aromatic heterocycles. The lowest BCUT2D eigenvalue weighted by Crippen LogP contribution is -2.31. The molecule has 6 nitrogen and oxygen atoms in total. The van der Waals surface area contributed by atoms with Crippen molar-refractivity contribution in [1.29, 1.82) is 0 Å². The number of carbonyl (C=O) groups is 1. The van der Waals surface area contributed by atoms with E-state index in [1.807, 2.05) is 30.3 Å². The van der Waals surface area contributed by atoms with Gasteiger partial charge in [-0.3, -0.25) is 4.79 Å². The zero-order chi connectivity index (χ0) is 16.1. The molecule has 0 atom stereocenters. The second-order valence-electron chi connectivity index (χ2n) is 4.85. The molecule has 116 valence electrons. The molecule has 6 heteroatoms. The van der Waals surface area contributed by atoms with Gasteiger partial charge in [0, 0.05) is 18.3 Å². The minimum Gasteiger partial charge on any atom is -0.484 e. The van der Waals surface area contributed by atoms with E-state index < -0.39 is 0 Å². The Morgan fingerprint density at radius 1 is 1.13 bits per heavy atom. The third-order valence-corrected chi connectivity index (χ3v) is 3.34. The minimum absolute atomic E-state index is 0.0364. The summed E-state index contributed by atoms with van der Waals surface area (Å²) in [5.74, 6) is 0.914. The first-order valence-corrected chi connectivity index (χ1v) is 7.05. The van der Waals surface area contributed by atoms with Crippen molar-refractivity contribution in [1.82, 2.24) is 10.2 Å².